The second-order valence-electron chi connectivity index (χ2n) is 6.50. The number of carbonyl (C=O) groups excluding carboxylic acids is 1. The number of fused-ring (bicyclic) bond motifs is 1. The molecule has 29 heavy (non-hydrogen) atoms. The monoisotopic (exact) mass is 393 g/mol. The number of aromatic nitrogens is 4. The summed E-state index contributed by atoms with van der Waals surface area (Å²) < 4.78 is 6.73. The minimum absolute atomic E-state index is 0.0315. The highest BCUT2D eigenvalue weighted by molar-refractivity contribution is 6.47. The molecule has 146 valence electrons. The van der Waals surface area contributed by atoms with Crippen molar-refractivity contribution >= 4 is 19.0 Å². The van der Waals surface area contributed by atoms with Crippen LogP contribution in [0.5, 0.6) is 5.75 Å². The van der Waals surface area contributed by atoms with Crippen LogP contribution in [-0.2, 0) is 17.8 Å². The third kappa shape index (κ3) is 3.94. The highest BCUT2D eigenvalue weighted by Crippen LogP contribution is 2.30. The fourth-order valence-electron chi connectivity index (χ4n) is 3.12. The molecule has 2 aromatic heterocycles. The number of aromatic carboxylic acids is 1. The molecule has 3 aromatic rings. The number of nitrogens with one attached hydrogen (secondary N) is 1. The standard InChI is InChI=1S/C18H16BN5O5/c25-16(10-24-9-14(22-23-24)13-6-1-2-7-20-13)21-15-8-11-4-3-5-12(18(26)27)17(11)29-19(15)28/h1-7,9,15,28H,8,10H2,(H,21,25)(H,26,27). The zero-order valence-corrected chi connectivity index (χ0v) is 15.1. The lowest BCUT2D eigenvalue weighted by molar-refractivity contribution is -0.122. The van der Waals surface area contributed by atoms with E-state index in [1.165, 1.54) is 10.7 Å². The van der Waals surface area contributed by atoms with E-state index >= 15 is 0 Å². The maximum absolute atomic E-state index is 12.4. The van der Waals surface area contributed by atoms with Crippen molar-refractivity contribution in [2.24, 2.45) is 0 Å². The molecule has 4 rings (SSSR count). The first-order valence-electron chi connectivity index (χ1n) is 8.82. The Morgan fingerprint density at radius 1 is 1.24 bits per heavy atom. The van der Waals surface area contributed by atoms with E-state index in [2.05, 4.69) is 20.6 Å². The van der Waals surface area contributed by atoms with Gasteiger partial charge < -0.3 is 20.1 Å². The van der Waals surface area contributed by atoms with Crippen LogP contribution in [0, 0.1) is 0 Å². The topological polar surface area (TPSA) is 139 Å². The van der Waals surface area contributed by atoms with Gasteiger partial charge in [-0.1, -0.05) is 23.4 Å². The molecule has 10 nitrogen and oxygen atoms in total. The van der Waals surface area contributed by atoms with Gasteiger partial charge in [0.25, 0.3) is 0 Å². The van der Waals surface area contributed by atoms with Crippen LogP contribution in [0.25, 0.3) is 11.4 Å². The van der Waals surface area contributed by atoms with E-state index in [0.29, 0.717) is 17.0 Å². The quantitative estimate of drug-likeness (QED) is 0.522. The van der Waals surface area contributed by atoms with E-state index in [-0.39, 0.29) is 24.3 Å². The van der Waals surface area contributed by atoms with E-state index in [9.17, 15) is 19.7 Å². The number of amides is 1. The summed E-state index contributed by atoms with van der Waals surface area (Å²) >= 11 is 0. The van der Waals surface area contributed by atoms with Crippen LogP contribution < -0.4 is 9.97 Å². The molecule has 0 bridgehead atoms. The number of hydrogen-bond acceptors (Lipinski definition) is 7. The van der Waals surface area contributed by atoms with Crippen molar-refractivity contribution < 1.29 is 24.4 Å². The van der Waals surface area contributed by atoms with Crippen LogP contribution in [0.15, 0.2) is 48.8 Å². The van der Waals surface area contributed by atoms with Crippen molar-refractivity contribution in [3.05, 3.63) is 59.9 Å². The zero-order chi connectivity index (χ0) is 20.4. The highest BCUT2D eigenvalue weighted by atomic mass is 16.5. The average Bonchev–Trinajstić information content (AvgIpc) is 3.17. The Labute approximate surface area is 165 Å². The molecule has 11 heteroatoms. The first kappa shape index (κ1) is 18.6. The van der Waals surface area contributed by atoms with Crippen molar-refractivity contribution in [1.29, 1.82) is 0 Å². The third-order valence-electron chi connectivity index (χ3n) is 4.47. The van der Waals surface area contributed by atoms with Gasteiger partial charge in [0.2, 0.25) is 5.91 Å². The van der Waals surface area contributed by atoms with E-state index in [0.717, 1.165) is 0 Å². The van der Waals surface area contributed by atoms with Gasteiger partial charge in [-0.3, -0.25) is 9.78 Å². The van der Waals surface area contributed by atoms with Crippen LogP contribution in [0.2, 0.25) is 0 Å². The van der Waals surface area contributed by atoms with Gasteiger partial charge in [-0.05, 0) is 30.2 Å². The fraction of sp³-hybridized carbons (Fsp3) is 0.167. The Hall–Kier alpha value is -3.73. The van der Waals surface area contributed by atoms with Crippen molar-refractivity contribution in [2.75, 3.05) is 0 Å². The minimum Gasteiger partial charge on any atom is -0.534 e. The van der Waals surface area contributed by atoms with Crippen LogP contribution >= 0.6 is 0 Å². The summed E-state index contributed by atoms with van der Waals surface area (Å²) in [5.74, 6) is -2.15. The van der Waals surface area contributed by atoms with Crippen molar-refractivity contribution in [3.63, 3.8) is 0 Å². The van der Waals surface area contributed by atoms with Gasteiger partial charge in [0, 0.05) is 6.20 Å². The molecule has 0 radical (unpaired) electrons. The predicted octanol–water partition coefficient (Wildman–Crippen LogP) is 0.178. The van der Waals surface area contributed by atoms with Crippen LogP contribution in [0.3, 0.4) is 0 Å². The molecule has 1 amide bonds. The summed E-state index contributed by atoms with van der Waals surface area (Å²) in [6.45, 7) is -0.106. The average molecular weight is 393 g/mol. The second-order valence-corrected chi connectivity index (χ2v) is 6.50. The summed E-state index contributed by atoms with van der Waals surface area (Å²) in [5, 5.41) is 30.1. The number of nitrogens with zero attached hydrogens (tertiary/aromatic N) is 4. The molecular weight excluding hydrogens is 377 g/mol. The van der Waals surface area contributed by atoms with E-state index < -0.39 is 24.9 Å². The number of carboxylic acids is 1. The number of pyridine rings is 1. The van der Waals surface area contributed by atoms with Crippen molar-refractivity contribution in [2.45, 2.75) is 18.9 Å². The van der Waals surface area contributed by atoms with E-state index in [1.54, 1.807) is 36.7 Å². The maximum atomic E-state index is 12.4. The molecule has 0 fully saturated rings. The number of carboxylic acid groups (broad SMARTS) is 1. The number of benzene rings is 1. The van der Waals surface area contributed by atoms with Crippen molar-refractivity contribution in [3.8, 4) is 17.1 Å². The molecule has 1 atom stereocenters. The molecule has 0 spiro atoms. The van der Waals surface area contributed by atoms with Gasteiger partial charge in [-0.2, -0.15) is 0 Å². The first-order chi connectivity index (χ1) is 14.0. The van der Waals surface area contributed by atoms with Crippen LogP contribution in [-0.4, -0.2) is 55.0 Å². The number of carbonyl (C=O) groups is 2. The largest absolute Gasteiger partial charge is 0.547 e. The predicted molar refractivity (Wildman–Crippen MR) is 101 cm³/mol. The Bertz CT molecular complexity index is 1060. The SMILES string of the molecule is O=C(Cn1cc(-c2ccccn2)nn1)NC1Cc2cccc(C(=O)O)c2OB1O. The Balaban J connectivity index is 1.42. The molecule has 0 saturated heterocycles. The molecule has 3 heterocycles. The third-order valence-corrected chi connectivity index (χ3v) is 4.47. The number of hydrogen-bond donors (Lipinski definition) is 3. The zero-order valence-electron chi connectivity index (χ0n) is 15.1. The normalized spacial score (nSPS) is 15.3. The lowest BCUT2D eigenvalue weighted by atomic mass is 9.72. The van der Waals surface area contributed by atoms with Gasteiger partial charge in [0.05, 0.1) is 23.4 Å². The van der Waals surface area contributed by atoms with Crippen LogP contribution in [0.1, 0.15) is 15.9 Å². The van der Waals surface area contributed by atoms with Gasteiger partial charge in [-0.25, -0.2) is 9.48 Å². The Morgan fingerprint density at radius 3 is 2.86 bits per heavy atom. The van der Waals surface area contributed by atoms with Gasteiger partial charge in [-0.15, -0.1) is 5.10 Å². The highest BCUT2D eigenvalue weighted by Gasteiger charge is 2.37. The molecule has 3 N–H and O–H groups in total. The fourth-order valence-corrected chi connectivity index (χ4v) is 3.12. The van der Waals surface area contributed by atoms with E-state index in [1.807, 2.05) is 6.07 Å². The summed E-state index contributed by atoms with van der Waals surface area (Å²) in [6.07, 6.45) is 3.48. The summed E-state index contributed by atoms with van der Waals surface area (Å²) in [6, 6.07) is 10.1. The molecule has 0 saturated carbocycles. The smallest absolute Gasteiger partial charge is 0.534 e. The summed E-state index contributed by atoms with van der Waals surface area (Å²) in [4.78, 5) is 27.9. The molecule has 1 aliphatic rings. The van der Waals surface area contributed by atoms with Crippen LogP contribution in [0.4, 0.5) is 0 Å². The molecule has 1 aromatic carbocycles. The second kappa shape index (κ2) is 7.72. The first-order valence-corrected chi connectivity index (χ1v) is 8.82. The Morgan fingerprint density at radius 2 is 2.10 bits per heavy atom. The van der Waals surface area contributed by atoms with Gasteiger partial charge in [0.15, 0.2) is 0 Å². The minimum atomic E-state index is -1.37. The molecule has 1 aliphatic heterocycles. The summed E-state index contributed by atoms with van der Waals surface area (Å²) in [5.41, 5.74) is 1.74. The Kier molecular flexibility index (Phi) is 4.96. The lowest BCUT2D eigenvalue weighted by Crippen LogP contribution is -2.53. The molecule has 0 aliphatic carbocycles. The lowest BCUT2D eigenvalue weighted by Gasteiger charge is -2.28. The maximum Gasteiger partial charge on any atom is 0.547 e. The van der Waals surface area contributed by atoms with Gasteiger partial charge in [0.1, 0.15) is 18.0 Å². The summed E-state index contributed by atoms with van der Waals surface area (Å²) in [7, 11) is -1.37. The van der Waals surface area contributed by atoms with E-state index in [4.69, 9.17) is 4.65 Å². The molecular formula is C18H16BN5O5. The number of para-hydroxylation sites is 1. The van der Waals surface area contributed by atoms with Gasteiger partial charge >= 0.3 is 13.1 Å². The number of rotatable bonds is 5. The van der Waals surface area contributed by atoms with Crippen molar-refractivity contribution in [1.82, 2.24) is 25.3 Å². The molecule has 1 unspecified atom stereocenters.